The number of anilines is 1. The van der Waals surface area contributed by atoms with Crippen molar-refractivity contribution in [2.75, 3.05) is 11.9 Å². The van der Waals surface area contributed by atoms with E-state index in [1.165, 1.54) is 44.0 Å². The van der Waals surface area contributed by atoms with E-state index in [4.69, 9.17) is 0 Å². The minimum atomic E-state index is -1.16. The first-order chi connectivity index (χ1) is 9.49. The predicted octanol–water partition coefficient (Wildman–Crippen LogP) is 2.86. The van der Waals surface area contributed by atoms with Crippen LogP contribution >= 0.6 is 0 Å². The SMILES string of the molecule is CN(C(=O)NC(C)(C)C(C)(C)C(=O)O)c1cccc(F)c1. The molecule has 0 bridgehead atoms. The van der Waals surface area contributed by atoms with Gasteiger partial charge in [-0.05, 0) is 45.9 Å². The average Bonchev–Trinajstić information content (AvgIpc) is 2.36. The number of aliphatic carboxylic acids is 1. The fraction of sp³-hybridized carbons (Fsp3) is 0.467. The van der Waals surface area contributed by atoms with Gasteiger partial charge in [0.15, 0.2) is 0 Å². The first-order valence-electron chi connectivity index (χ1n) is 6.54. The quantitative estimate of drug-likeness (QED) is 0.897. The van der Waals surface area contributed by atoms with Crippen molar-refractivity contribution in [3.8, 4) is 0 Å². The maximum absolute atomic E-state index is 13.2. The standard InChI is InChI=1S/C15H21FN2O3/c1-14(2,12(19)20)15(3,4)17-13(21)18(5)11-8-6-7-10(16)9-11/h6-9H,1-5H3,(H,17,21)(H,19,20). The number of carboxylic acids is 1. The van der Waals surface area contributed by atoms with Gasteiger partial charge in [-0.25, -0.2) is 9.18 Å². The summed E-state index contributed by atoms with van der Waals surface area (Å²) in [6.07, 6.45) is 0. The second-order valence-electron chi connectivity index (χ2n) is 6.02. The number of halogens is 1. The Labute approximate surface area is 123 Å². The van der Waals surface area contributed by atoms with Gasteiger partial charge in [-0.15, -0.1) is 0 Å². The zero-order chi connectivity index (χ0) is 16.4. The van der Waals surface area contributed by atoms with Crippen LogP contribution < -0.4 is 10.2 Å². The van der Waals surface area contributed by atoms with Crippen LogP contribution in [0, 0.1) is 11.2 Å². The molecule has 2 amide bonds. The van der Waals surface area contributed by atoms with Gasteiger partial charge in [0.05, 0.1) is 11.0 Å². The summed E-state index contributed by atoms with van der Waals surface area (Å²) in [7, 11) is 1.49. The summed E-state index contributed by atoms with van der Waals surface area (Å²) in [6.45, 7) is 6.35. The molecule has 0 atom stereocenters. The third kappa shape index (κ3) is 3.51. The van der Waals surface area contributed by atoms with E-state index in [0.717, 1.165) is 0 Å². The molecule has 0 aromatic heterocycles. The summed E-state index contributed by atoms with van der Waals surface area (Å²) in [5.41, 5.74) is -1.76. The first-order valence-corrected chi connectivity index (χ1v) is 6.54. The van der Waals surface area contributed by atoms with Crippen molar-refractivity contribution in [3.05, 3.63) is 30.1 Å². The molecule has 0 radical (unpaired) electrons. The Morgan fingerprint density at radius 3 is 2.29 bits per heavy atom. The highest BCUT2D eigenvalue weighted by atomic mass is 19.1. The molecule has 0 fully saturated rings. The summed E-state index contributed by atoms with van der Waals surface area (Å²) < 4.78 is 13.2. The zero-order valence-corrected chi connectivity index (χ0v) is 12.9. The molecule has 0 aliphatic heterocycles. The largest absolute Gasteiger partial charge is 0.481 e. The van der Waals surface area contributed by atoms with E-state index in [9.17, 15) is 19.1 Å². The fourth-order valence-corrected chi connectivity index (χ4v) is 1.58. The highest BCUT2D eigenvalue weighted by Crippen LogP contribution is 2.31. The second-order valence-corrected chi connectivity index (χ2v) is 6.02. The summed E-state index contributed by atoms with van der Waals surface area (Å²) in [5.74, 6) is -1.46. The van der Waals surface area contributed by atoms with Crippen LogP contribution in [0.3, 0.4) is 0 Å². The van der Waals surface area contributed by atoms with Gasteiger partial charge in [0.25, 0.3) is 0 Å². The average molecular weight is 296 g/mol. The lowest BCUT2D eigenvalue weighted by atomic mass is 9.74. The van der Waals surface area contributed by atoms with E-state index in [0.29, 0.717) is 5.69 Å². The second kappa shape index (κ2) is 5.71. The topological polar surface area (TPSA) is 69.6 Å². The number of amides is 2. The number of urea groups is 1. The monoisotopic (exact) mass is 296 g/mol. The maximum Gasteiger partial charge on any atom is 0.322 e. The van der Waals surface area contributed by atoms with Gasteiger partial charge in [0.2, 0.25) is 0 Å². The van der Waals surface area contributed by atoms with Gasteiger partial charge in [0.1, 0.15) is 5.82 Å². The molecular formula is C15H21FN2O3. The van der Waals surface area contributed by atoms with Gasteiger partial charge in [-0.3, -0.25) is 9.69 Å². The summed E-state index contributed by atoms with van der Waals surface area (Å²) in [6, 6.07) is 5.11. The predicted molar refractivity (Wildman–Crippen MR) is 78.8 cm³/mol. The van der Waals surface area contributed by atoms with E-state index in [2.05, 4.69) is 5.32 Å². The molecule has 0 aliphatic rings. The minimum Gasteiger partial charge on any atom is -0.481 e. The van der Waals surface area contributed by atoms with Crippen LogP contribution in [0.15, 0.2) is 24.3 Å². The molecule has 0 saturated carbocycles. The number of nitrogens with one attached hydrogen (secondary N) is 1. The Balaban J connectivity index is 2.93. The number of nitrogens with zero attached hydrogens (tertiary/aromatic N) is 1. The molecule has 1 rings (SSSR count). The minimum absolute atomic E-state index is 0.386. The smallest absolute Gasteiger partial charge is 0.322 e. The van der Waals surface area contributed by atoms with E-state index < -0.39 is 28.8 Å². The lowest BCUT2D eigenvalue weighted by Crippen LogP contribution is -2.59. The normalized spacial score (nSPS) is 11.9. The third-order valence-corrected chi connectivity index (χ3v) is 4.02. The van der Waals surface area contributed by atoms with Crippen molar-refractivity contribution in [2.45, 2.75) is 33.2 Å². The van der Waals surface area contributed by atoms with Crippen LogP contribution in [0.4, 0.5) is 14.9 Å². The van der Waals surface area contributed by atoms with Gasteiger partial charge >= 0.3 is 12.0 Å². The molecule has 116 valence electrons. The molecule has 6 heteroatoms. The van der Waals surface area contributed by atoms with Crippen molar-refractivity contribution in [2.24, 2.45) is 5.41 Å². The number of carbonyl (C=O) groups is 2. The van der Waals surface area contributed by atoms with Crippen LogP contribution in [-0.2, 0) is 4.79 Å². The Morgan fingerprint density at radius 2 is 1.81 bits per heavy atom. The zero-order valence-electron chi connectivity index (χ0n) is 12.9. The lowest BCUT2D eigenvalue weighted by molar-refractivity contribution is -0.150. The molecule has 2 N–H and O–H groups in total. The molecule has 1 aromatic rings. The number of rotatable bonds is 4. The number of benzene rings is 1. The molecule has 1 aromatic carbocycles. The summed E-state index contributed by atoms with van der Waals surface area (Å²) in [4.78, 5) is 24.8. The number of hydrogen-bond donors (Lipinski definition) is 2. The van der Waals surface area contributed by atoms with Gasteiger partial charge in [-0.2, -0.15) is 0 Å². The van der Waals surface area contributed by atoms with Crippen molar-refractivity contribution >= 4 is 17.7 Å². The van der Waals surface area contributed by atoms with Crippen molar-refractivity contribution < 1.29 is 19.1 Å². The number of carbonyl (C=O) groups excluding carboxylic acids is 1. The van der Waals surface area contributed by atoms with Crippen molar-refractivity contribution in [1.29, 1.82) is 0 Å². The molecule has 0 saturated heterocycles. The van der Waals surface area contributed by atoms with Crippen molar-refractivity contribution in [3.63, 3.8) is 0 Å². The highest BCUT2D eigenvalue weighted by molar-refractivity contribution is 5.92. The van der Waals surface area contributed by atoms with Crippen LogP contribution in [0.1, 0.15) is 27.7 Å². The van der Waals surface area contributed by atoms with Gasteiger partial charge in [-0.1, -0.05) is 6.07 Å². The van der Waals surface area contributed by atoms with Crippen LogP contribution in [0.5, 0.6) is 0 Å². The van der Waals surface area contributed by atoms with E-state index in [1.807, 2.05) is 0 Å². The molecular weight excluding hydrogens is 275 g/mol. The third-order valence-electron chi connectivity index (χ3n) is 4.02. The van der Waals surface area contributed by atoms with Crippen molar-refractivity contribution in [1.82, 2.24) is 5.32 Å². The van der Waals surface area contributed by atoms with Crippen LogP contribution in [0.25, 0.3) is 0 Å². The number of carboxylic acid groups (broad SMARTS) is 1. The summed E-state index contributed by atoms with van der Waals surface area (Å²) >= 11 is 0. The van der Waals surface area contributed by atoms with Crippen LogP contribution in [0.2, 0.25) is 0 Å². The van der Waals surface area contributed by atoms with Gasteiger partial charge in [0, 0.05) is 12.7 Å². The Hall–Kier alpha value is -2.11. The number of hydrogen-bond acceptors (Lipinski definition) is 2. The Kier molecular flexibility index (Phi) is 4.61. The first kappa shape index (κ1) is 16.9. The Morgan fingerprint density at radius 1 is 1.24 bits per heavy atom. The van der Waals surface area contributed by atoms with Crippen LogP contribution in [-0.4, -0.2) is 29.7 Å². The molecule has 0 unspecified atom stereocenters. The molecule has 0 spiro atoms. The van der Waals surface area contributed by atoms with Gasteiger partial charge < -0.3 is 10.4 Å². The molecule has 21 heavy (non-hydrogen) atoms. The van der Waals surface area contributed by atoms with E-state index in [1.54, 1.807) is 19.9 Å². The summed E-state index contributed by atoms with van der Waals surface area (Å²) in [5, 5.41) is 11.9. The highest BCUT2D eigenvalue weighted by Gasteiger charge is 2.44. The van der Waals surface area contributed by atoms with E-state index in [-0.39, 0.29) is 0 Å². The maximum atomic E-state index is 13.2. The molecule has 0 heterocycles. The fourth-order valence-electron chi connectivity index (χ4n) is 1.58. The molecule has 5 nitrogen and oxygen atoms in total. The van der Waals surface area contributed by atoms with E-state index >= 15 is 0 Å². The lowest BCUT2D eigenvalue weighted by Gasteiger charge is -2.39. The Bertz CT molecular complexity index is 556. The molecule has 0 aliphatic carbocycles.